The van der Waals surface area contributed by atoms with Crippen molar-refractivity contribution < 1.29 is 19.5 Å². The van der Waals surface area contributed by atoms with Crippen molar-refractivity contribution in [2.24, 2.45) is 11.0 Å². The Kier molecular flexibility index (Phi) is 3.64. The quantitative estimate of drug-likeness (QED) is 0.812. The van der Waals surface area contributed by atoms with E-state index < -0.39 is 12.0 Å². The van der Waals surface area contributed by atoms with E-state index in [-0.39, 0.29) is 35.7 Å². The van der Waals surface area contributed by atoms with Crippen molar-refractivity contribution in [2.45, 2.75) is 37.1 Å². The molecule has 2 amide bonds. The third-order valence-corrected chi connectivity index (χ3v) is 5.50. The molecular weight excluding hydrogens is 294 g/mol. The van der Waals surface area contributed by atoms with Gasteiger partial charge in [0.05, 0.1) is 5.37 Å². The van der Waals surface area contributed by atoms with Crippen LogP contribution in [0.4, 0.5) is 0 Å². The Morgan fingerprint density at radius 3 is 2.62 bits per heavy atom. The predicted octanol–water partition coefficient (Wildman–Crippen LogP) is 0.359. The number of carbonyl (C=O) groups excluding carboxylic acids is 2. The van der Waals surface area contributed by atoms with Crippen LogP contribution in [0.25, 0.3) is 0 Å². The van der Waals surface area contributed by atoms with Crippen LogP contribution in [-0.4, -0.2) is 62.7 Å². The molecule has 2 heterocycles. The molecule has 114 valence electrons. The summed E-state index contributed by atoms with van der Waals surface area (Å²) < 4.78 is 0. The molecule has 1 saturated heterocycles. The van der Waals surface area contributed by atoms with Crippen LogP contribution < -0.4 is 0 Å². The van der Waals surface area contributed by atoms with Crippen LogP contribution in [0.2, 0.25) is 0 Å². The van der Waals surface area contributed by atoms with E-state index in [0.717, 1.165) is 12.8 Å². The van der Waals surface area contributed by atoms with Gasteiger partial charge in [0.25, 0.3) is 5.91 Å². The Hall–Kier alpha value is -1.57. The highest BCUT2D eigenvalue weighted by atomic mass is 32.2. The number of carboxylic acid groups (broad SMARTS) is 1. The van der Waals surface area contributed by atoms with E-state index in [1.807, 2.05) is 0 Å². The van der Waals surface area contributed by atoms with Crippen molar-refractivity contribution in [2.75, 3.05) is 12.8 Å². The first kappa shape index (κ1) is 14.4. The fraction of sp³-hybridized carbons (Fsp3) is 0.692. The summed E-state index contributed by atoms with van der Waals surface area (Å²) in [5.74, 6) is -0.615. The fourth-order valence-electron chi connectivity index (χ4n) is 2.69. The van der Waals surface area contributed by atoms with Crippen LogP contribution in [0, 0.1) is 5.92 Å². The topological polar surface area (TPSA) is 90.3 Å². The third-order valence-electron chi connectivity index (χ3n) is 4.03. The van der Waals surface area contributed by atoms with Gasteiger partial charge >= 0.3 is 5.97 Å². The summed E-state index contributed by atoms with van der Waals surface area (Å²) >= 11 is 1.54. The highest BCUT2D eigenvalue weighted by Gasteiger charge is 2.49. The molecule has 0 bridgehead atoms. The predicted molar refractivity (Wildman–Crippen MR) is 76.7 cm³/mol. The Bertz CT molecular complexity index is 532. The maximum absolute atomic E-state index is 12.7. The number of nitrogens with zero attached hydrogens (tertiary/aromatic N) is 3. The molecule has 8 heteroatoms. The number of amides is 2. The average molecular weight is 311 g/mol. The van der Waals surface area contributed by atoms with Gasteiger partial charge in [0.1, 0.15) is 11.8 Å². The first-order chi connectivity index (χ1) is 9.99. The number of hydrogen-bond donors (Lipinski definition) is 1. The first-order valence-electron chi connectivity index (χ1n) is 7.00. The SMILES string of the molecule is CN1N=C(C(=O)N2C(C(=O)O)CSC2C2CC2)CCC1=O. The molecule has 0 aromatic rings. The Balaban J connectivity index is 1.84. The average Bonchev–Trinajstić information content (AvgIpc) is 3.19. The van der Waals surface area contributed by atoms with Crippen LogP contribution in [0.15, 0.2) is 5.10 Å². The molecular formula is C13H17N3O4S. The van der Waals surface area contributed by atoms with Crippen molar-refractivity contribution in [1.82, 2.24) is 9.91 Å². The minimum absolute atomic E-state index is 0.0655. The summed E-state index contributed by atoms with van der Waals surface area (Å²) in [7, 11) is 1.51. The molecule has 2 aliphatic heterocycles. The summed E-state index contributed by atoms with van der Waals surface area (Å²) in [6, 6.07) is -0.793. The molecule has 2 fully saturated rings. The Morgan fingerprint density at radius 2 is 2.05 bits per heavy atom. The molecule has 0 radical (unpaired) electrons. The molecule has 1 aliphatic carbocycles. The van der Waals surface area contributed by atoms with Crippen LogP contribution >= 0.6 is 11.8 Å². The fourth-order valence-corrected chi connectivity index (χ4v) is 4.32. The summed E-state index contributed by atoms with van der Waals surface area (Å²) in [4.78, 5) is 37.0. The van der Waals surface area contributed by atoms with Gasteiger partial charge in [0, 0.05) is 25.6 Å². The largest absolute Gasteiger partial charge is 0.480 e. The van der Waals surface area contributed by atoms with Gasteiger partial charge in [-0.15, -0.1) is 11.8 Å². The number of aliphatic carboxylic acids is 1. The minimum atomic E-state index is -0.972. The van der Waals surface area contributed by atoms with Gasteiger partial charge in [-0.1, -0.05) is 0 Å². The number of hydrazone groups is 1. The number of rotatable bonds is 3. The van der Waals surface area contributed by atoms with Crippen LogP contribution in [0.1, 0.15) is 25.7 Å². The van der Waals surface area contributed by atoms with Crippen molar-refractivity contribution in [3.05, 3.63) is 0 Å². The summed E-state index contributed by atoms with van der Waals surface area (Å²) in [5, 5.41) is 14.5. The summed E-state index contributed by atoms with van der Waals surface area (Å²) in [5.41, 5.74) is 0.288. The van der Waals surface area contributed by atoms with E-state index in [0.29, 0.717) is 11.7 Å². The lowest BCUT2D eigenvalue weighted by atomic mass is 10.1. The Morgan fingerprint density at radius 1 is 1.33 bits per heavy atom. The van der Waals surface area contributed by atoms with Gasteiger partial charge in [-0.3, -0.25) is 9.59 Å². The standard InChI is InChI=1S/C13H17N3O4S/c1-15-10(17)5-4-8(14-15)11(18)16-9(13(19)20)6-21-12(16)7-2-3-7/h7,9,12H,2-6H2,1H3,(H,19,20). The molecule has 3 aliphatic rings. The zero-order valence-corrected chi connectivity index (χ0v) is 12.5. The van der Waals surface area contributed by atoms with E-state index in [2.05, 4.69) is 5.10 Å². The molecule has 21 heavy (non-hydrogen) atoms. The molecule has 7 nitrogen and oxygen atoms in total. The van der Waals surface area contributed by atoms with Crippen molar-refractivity contribution >= 4 is 35.3 Å². The molecule has 0 spiro atoms. The number of carbonyl (C=O) groups is 3. The van der Waals surface area contributed by atoms with Gasteiger partial charge < -0.3 is 10.0 Å². The van der Waals surface area contributed by atoms with Crippen LogP contribution in [-0.2, 0) is 14.4 Å². The molecule has 2 unspecified atom stereocenters. The number of thioether (sulfide) groups is 1. The van der Waals surface area contributed by atoms with E-state index in [4.69, 9.17) is 0 Å². The maximum atomic E-state index is 12.7. The highest BCUT2D eigenvalue weighted by molar-refractivity contribution is 8.00. The summed E-state index contributed by atoms with van der Waals surface area (Å²) in [6.07, 6.45) is 2.61. The van der Waals surface area contributed by atoms with Crippen LogP contribution in [0.3, 0.4) is 0 Å². The van der Waals surface area contributed by atoms with E-state index in [1.54, 1.807) is 0 Å². The zero-order chi connectivity index (χ0) is 15.1. The van der Waals surface area contributed by atoms with Crippen molar-refractivity contribution in [3.63, 3.8) is 0 Å². The van der Waals surface area contributed by atoms with Gasteiger partial charge in [-0.2, -0.15) is 5.10 Å². The van der Waals surface area contributed by atoms with E-state index >= 15 is 0 Å². The van der Waals surface area contributed by atoms with Gasteiger partial charge in [0.2, 0.25) is 5.91 Å². The molecule has 1 N–H and O–H groups in total. The molecule has 2 atom stereocenters. The lowest BCUT2D eigenvalue weighted by Gasteiger charge is -2.29. The highest BCUT2D eigenvalue weighted by Crippen LogP contribution is 2.45. The molecule has 3 rings (SSSR count). The number of carboxylic acids is 1. The normalized spacial score (nSPS) is 29.6. The lowest BCUT2D eigenvalue weighted by Crippen LogP contribution is -2.50. The van der Waals surface area contributed by atoms with E-state index in [1.165, 1.54) is 28.7 Å². The third kappa shape index (κ3) is 2.64. The summed E-state index contributed by atoms with van der Waals surface area (Å²) in [6.45, 7) is 0. The minimum Gasteiger partial charge on any atom is -0.480 e. The zero-order valence-electron chi connectivity index (χ0n) is 11.7. The smallest absolute Gasteiger partial charge is 0.327 e. The van der Waals surface area contributed by atoms with Crippen LogP contribution in [0.5, 0.6) is 0 Å². The van der Waals surface area contributed by atoms with Gasteiger partial charge in [0.15, 0.2) is 0 Å². The second-order valence-electron chi connectivity index (χ2n) is 5.59. The second-order valence-corrected chi connectivity index (χ2v) is 6.74. The maximum Gasteiger partial charge on any atom is 0.327 e. The molecule has 0 aromatic heterocycles. The Labute approximate surface area is 126 Å². The van der Waals surface area contributed by atoms with E-state index in [9.17, 15) is 19.5 Å². The second kappa shape index (κ2) is 5.32. The molecule has 1 saturated carbocycles. The van der Waals surface area contributed by atoms with Crippen molar-refractivity contribution in [1.29, 1.82) is 0 Å². The molecule has 0 aromatic carbocycles. The lowest BCUT2D eigenvalue weighted by molar-refractivity contribution is -0.147. The number of hydrogen-bond acceptors (Lipinski definition) is 5. The van der Waals surface area contributed by atoms with Gasteiger partial charge in [-0.05, 0) is 18.8 Å². The first-order valence-corrected chi connectivity index (χ1v) is 8.05. The monoisotopic (exact) mass is 311 g/mol. The van der Waals surface area contributed by atoms with Gasteiger partial charge in [-0.25, -0.2) is 9.80 Å². The van der Waals surface area contributed by atoms with Crippen molar-refractivity contribution in [3.8, 4) is 0 Å².